The normalized spacial score (nSPS) is 22.9. The van der Waals surface area contributed by atoms with Crippen LogP contribution in [0.2, 0.25) is 0 Å². The molecule has 0 amide bonds. The summed E-state index contributed by atoms with van der Waals surface area (Å²) in [6.45, 7) is 2.08. The monoisotopic (exact) mass is 336 g/mol. The lowest BCUT2D eigenvalue weighted by Crippen LogP contribution is -2.45. The first-order valence-electron chi connectivity index (χ1n) is 8.83. The predicted molar refractivity (Wildman–Crippen MR) is 99.4 cm³/mol. The number of benzene rings is 1. The number of hydrogen-bond acceptors (Lipinski definition) is 3. The Hall–Kier alpha value is -2.33. The number of allylic oxidation sites excluding steroid dienone is 1. The maximum atomic E-state index is 11.0. The Balaban J connectivity index is 1.65. The molecule has 2 bridgehead atoms. The molecule has 2 aliphatic rings. The third kappa shape index (κ3) is 2.61. The fourth-order valence-corrected chi connectivity index (χ4v) is 4.39. The number of aromatic nitrogens is 1. The Kier molecular flexibility index (Phi) is 4.00. The minimum atomic E-state index is 0.00729. The Bertz CT molecular complexity index is 891. The SMILES string of the molecule is CC(=O)/C=C/OCC1=CC[C@H]2c3c(c4ccccc4n3C)C[C@@H]1N2C. The summed E-state index contributed by atoms with van der Waals surface area (Å²) in [6, 6.07) is 9.48. The first kappa shape index (κ1) is 16.2. The van der Waals surface area contributed by atoms with Crippen molar-refractivity contribution < 1.29 is 9.53 Å². The Labute approximate surface area is 148 Å². The van der Waals surface area contributed by atoms with Gasteiger partial charge in [0.1, 0.15) is 6.61 Å². The smallest absolute Gasteiger partial charge is 0.155 e. The number of para-hydroxylation sites is 1. The summed E-state index contributed by atoms with van der Waals surface area (Å²) in [5, 5.41) is 1.38. The molecule has 2 aliphatic heterocycles. The summed E-state index contributed by atoms with van der Waals surface area (Å²) in [5.41, 5.74) is 5.56. The van der Waals surface area contributed by atoms with Gasteiger partial charge in [0.15, 0.2) is 5.78 Å². The van der Waals surface area contributed by atoms with Gasteiger partial charge in [0, 0.05) is 35.8 Å². The fourth-order valence-electron chi connectivity index (χ4n) is 4.39. The average molecular weight is 336 g/mol. The standard InChI is InChI=1S/C21H24N2O2/c1-14(24)10-11-25-13-15-8-9-19-21-17(12-20(15)22(19)2)16-6-4-5-7-18(16)23(21)3/h4-8,10-11,19-20H,9,12-13H2,1-3H3/b11-10+/t19-,20-/m0/s1. The molecule has 0 unspecified atom stereocenters. The van der Waals surface area contributed by atoms with Crippen LogP contribution in [-0.2, 0) is 23.0 Å². The van der Waals surface area contributed by atoms with Gasteiger partial charge in [-0.1, -0.05) is 24.3 Å². The van der Waals surface area contributed by atoms with Crippen LogP contribution in [0.3, 0.4) is 0 Å². The van der Waals surface area contributed by atoms with Crippen LogP contribution in [-0.4, -0.2) is 34.9 Å². The van der Waals surface area contributed by atoms with E-state index < -0.39 is 0 Å². The summed E-state index contributed by atoms with van der Waals surface area (Å²) in [4.78, 5) is 13.5. The molecular formula is C21H24N2O2. The Morgan fingerprint density at radius 3 is 2.88 bits per heavy atom. The van der Waals surface area contributed by atoms with Crippen molar-refractivity contribution in [3.8, 4) is 0 Å². The summed E-state index contributed by atoms with van der Waals surface area (Å²) >= 11 is 0. The van der Waals surface area contributed by atoms with Crippen molar-refractivity contribution >= 4 is 16.7 Å². The molecular weight excluding hydrogens is 312 g/mol. The lowest BCUT2D eigenvalue weighted by molar-refractivity contribution is -0.112. The molecule has 0 fully saturated rings. The molecule has 0 N–H and O–H groups in total. The molecule has 2 aromatic rings. The highest BCUT2D eigenvalue weighted by Gasteiger charge is 2.39. The van der Waals surface area contributed by atoms with Crippen molar-refractivity contribution in [1.29, 1.82) is 0 Å². The van der Waals surface area contributed by atoms with Gasteiger partial charge in [-0.25, -0.2) is 0 Å². The largest absolute Gasteiger partial charge is 0.497 e. The van der Waals surface area contributed by atoms with Crippen LogP contribution in [0.1, 0.15) is 30.6 Å². The first-order chi connectivity index (χ1) is 12.1. The Morgan fingerprint density at radius 1 is 1.28 bits per heavy atom. The molecule has 4 rings (SSSR count). The number of fused-ring (bicyclic) bond motifs is 6. The number of likely N-dealkylation sites (N-methyl/N-ethyl adjacent to an activating group) is 1. The second-order valence-electron chi connectivity index (χ2n) is 7.08. The lowest BCUT2D eigenvalue weighted by atomic mass is 9.83. The molecule has 0 saturated carbocycles. The molecule has 4 heteroatoms. The van der Waals surface area contributed by atoms with E-state index in [2.05, 4.69) is 53.9 Å². The predicted octanol–water partition coefficient (Wildman–Crippen LogP) is 3.53. The number of carbonyl (C=O) groups excluding carboxylic acids is 1. The molecule has 0 aliphatic carbocycles. The van der Waals surface area contributed by atoms with Gasteiger partial charge >= 0.3 is 0 Å². The number of nitrogens with zero attached hydrogens (tertiary/aromatic N) is 2. The Morgan fingerprint density at radius 2 is 2.08 bits per heavy atom. The second-order valence-corrected chi connectivity index (χ2v) is 7.08. The van der Waals surface area contributed by atoms with Gasteiger partial charge in [0.25, 0.3) is 0 Å². The first-order valence-corrected chi connectivity index (χ1v) is 8.83. The number of ether oxygens (including phenoxy) is 1. The zero-order valence-corrected chi connectivity index (χ0v) is 15.0. The van der Waals surface area contributed by atoms with Crippen LogP contribution in [0.4, 0.5) is 0 Å². The number of ketones is 1. The van der Waals surface area contributed by atoms with Gasteiger partial charge < -0.3 is 9.30 Å². The molecule has 0 spiro atoms. The molecule has 2 atom stereocenters. The van der Waals surface area contributed by atoms with Gasteiger partial charge in [-0.3, -0.25) is 9.69 Å². The van der Waals surface area contributed by atoms with Crippen molar-refractivity contribution in [3.63, 3.8) is 0 Å². The van der Waals surface area contributed by atoms with E-state index in [1.807, 2.05) is 0 Å². The minimum Gasteiger partial charge on any atom is -0.497 e. The molecule has 25 heavy (non-hydrogen) atoms. The molecule has 0 saturated heterocycles. The minimum absolute atomic E-state index is 0.00729. The summed E-state index contributed by atoms with van der Waals surface area (Å²) in [5.74, 6) is 0.00729. The average Bonchev–Trinajstić information content (AvgIpc) is 2.86. The maximum absolute atomic E-state index is 11.0. The fraction of sp³-hybridized carbons (Fsp3) is 0.381. The van der Waals surface area contributed by atoms with Crippen molar-refractivity contribution in [2.24, 2.45) is 7.05 Å². The van der Waals surface area contributed by atoms with Crippen LogP contribution in [0, 0.1) is 0 Å². The van der Waals surface area contributed by atoms with E-state index in [0.717, 1.165) is 12.8 Å². The lowest BCUT2D eigenvalue weighted by Gasteiger charge is -2.44. The number of aryl methyl sites for hydroxylation is 1. The van der Waals surface area contributed by atoms with Crippen LogP contribution < -0.4 is 0 Å². The quantitative estimate of drug-likeness (QED) is 0.487. The van der Waals surface area contributed by atoms with Crippen molar-refractivity contribution in [1.82, 2.24) is 9.47 Å². The maximum Gasteiger partial charge on any atom is 0.155 e. The van der Waals surface area contributed by atoms with Crippen molar-refractivity contribution in [2.45, 2.75) is 31.8 Å². The highest BCUT2D eigenvalue weighted by atomic mass is 16.5. The number of hydrogen-bond donors (Lipinski definition) is 0. The summed E-state index contributed by atoms with van der Waals surface area (Å²) in [7, 11) is 4.40. The van der Waals surface area contributed by atoms with Crippen molar-refractivity contribution in [3.05, 3.63) is 59.5 Å². The third-order valence-electron chi connectivity index (χ3n) is 5.64. The zero-order valence-electron chi connectivity index (χ0n) is 15.0. The molecule has 0 radical (unpaired) electrons. The summed E-state index contributed by atoms with van der Waals surface area (Å²) in [6.07, 6.45) is 7.33. The highest BCUT2D eigenvalue weighted by Crippen LogP contribution is 2.44. The number of carbonyl (C=O) groups is 1. The van der Waals surface area contributed by atoms with E-state index in [-0.39, 0.29) is 5.78 Å². The van der Waals surface area contributed by atoms with Crippen molar-refractivity contribution in [2.75, 3.05) is 13.7 Å². The van der Waals surface area contributed by atoms with Crippen LogP contribution in [0.15, 0.2) is 48.3 Å². The molecule has 1 aromatic heterocycles. The molecule has 3 heterocycles. The molecule has 1 aromatic carbocycles. The third-order valence-corrected chi connectivity index (χ3v) is 5.64. The highest BCUT2D eigenvalue weighted by molar-refractivity contribution is 5.87. The van der Waals surface area contributed by atoms with Crippen LogP contribution in [0.25, 0.3) is 10.9 Å². The van der Waals surface area contributed by atoms with Gasteiger partial charge in [0.2, 0.25) is 0 Å². The van der Waals surface area contributed by atoms with Crippen LogP contribution in [0.5, 0.6) is 0 Å². The number of rotatable bonds is 4. The van der Waals surface area contributed by atoms with E-state index in [9.17, 15) is 4.79 Å². The summed E-state index contributed by atoms with van der Waals surface area (Å²) < 4.78 is 7.97. The van der Waals surface area contributed by atoms with Gasteiger partial charge in [-0.05, 0) is 44.0 Å². The van der Waals surface area contributed by atoms with E-state index in [0.29, 0.717) is 18.7 Å². The second kappa shape index (κ2) is 6.19. The molecule has 4 nitrogen and oxygen atoms in total. The molecule has 130 valence electrons. The van der Waals surface area contributed by atoms with Crippen LogP contribution >= 0.6 is 0 Å². The van der Waals surface area contributed by atoms with Gasteiger partial charge in [0.05, 0.1) is 12.3 Å². The van der Waals surface area contributed by atoms with E-state index >= 15 is 0 Å². The van der Waals surface area contributed by atoms with Gasteiger partial charge in [-0.15, -0.1) is 0 Å². The van der Waals surface area contributed by atoms with E-state index in [4.69, 9.17) is 4.74 Å². The van der Waals surface area contributed by atoms with E-state index in [1.54, 1.807) is 0 Å². The van der Waals surface area contributed by atoms with E-state index in [1.165, 1.54) is 47.0 Å². The van der Waals surface area contributed by atoms with Gasteiger partial charge in [-0.2, -0.15) is 0 Å². The zero-order chi connectivity index (χ0) is 17.6. The topological polar surface area (TPSA) is 34.5 Å².